The molecule has 8 nitrogen and oxygen atoms in total. The Bertz CT molecular complexity index is 4440. The third-order valence-electron chi connectivity index (χ3n) is 20.9. The van der Waals surface area contributed by atoms with E-state index in [1.54, 1.807) is 0 Å². The van der Waals surface area contributed by atoms with Crippen LogP contribution in [0.1, 0.15) is 228 Å². The molecule has 0 saturated heterocycles. The summed E-state index contributed by atoms with van der Waals surface area (Å²) in [6, 6.07) is 66.3. The molecule has 2 aliphatic rings. The third kappa shape index (κ3) is 12.8. The van der Waals surface area contributed by atoms with Crippen molar-refractivity contribution in [3.05, 3.63) is 239 Å². The quantitative estimate of drug-likeness (QED) is 0.0545. The van der Waals surface area contributed by atoms with E-state index in [0.717, 1.165) is 92.1 Å². The van der Waals surface area contributed by atoms with Crippen molar-refractivity contribution in [2.24, 2.45) is 21.7 Å². The van der Waals surface area contributed by atoms with E-state index in [4.69, 9.17) is 0 Å². The zero-order valence-electron chi connectivity index (χ0n) is 62.7. The maximum absolute atomic E-state index is 15.1. The second kappa shape index (κ2) is 24.2. The minimum Gasteiger partial charge on any atom is -0.311 e. The van der Waals surface area contributed by atoms with Crippen LogP contribution in [0.3, 0.4) is 0 Å². The average Bonchev–Trinajstić information content (AvgIpc) is 0.688. The average molecular weight is 1330 g/mol. The number of imide groups is 2. The predicted octanol–water partition coefficient (Wildman–Crippen LogP) is 25.1. The molecule has 0 bridgehead atoms. The van der Waals surface area contributed by atoms with Gasteiger partial charge in [-0.3, -0.25) is 19.2 Å². The second-order valence-corrected chi connectivity index (χ2v) is 36.4. The Morgan fingerprint density at radius 3 is 0.590 bits per heavy atom. The van der Waals surface area contributed by atoms with Crippen molar-refractivity contribution in [1.29, 1.82) is 0 Å². The van der Waals surface area contributed by atoms with Gasteiger partial charge in [-0.15, -0.1) is 0 Å². The lowest BCUT2D eigenvalue weighted by Gasteiger charge is -2.34. The summed E-state index contributed by atoms with van der Waals surface area (Å²) in [5.74, 6) is -1.63. The molecule has 8 heteroatoms. The summed E-state index contributed by atoms with van der Waals surface area (Å²) in [4.78, 5) is 67.7. The molecule has 100 heavy (non-hydrogen) atoms. The lowest BCUT2D eigenvalue weighted by atomic mass is 9.72. The fourth-order valence-corrected chi connectivity index (χ4v) is 18.1. The van der Waals surface area contributed by atoms with Gasteiger partial charge in [-0.1, -0.05) is 211 Å². The van der Waals surface area contributed by atoms with Crippen LogP contribution >= 0.6 is 0 Å². The lowest BCUT2D eigenvalue weighted by molar-refractivity contribution is 0.0877. The molecule has 13 rings (SSSR count). The van der Waals surface area contributed by atoms with Crippen LogP contribution in [0.5, 0.6) is 0 Å². The number of anilines is 8. The van der Waals surface area contributed by atoms with Crippen LogP contribution in [0.2, 0.25) is 0 Å². The van der Waals surface area contributed by atoms with Crippen molar-refractivity contribution >= 4 is 112 Å². The fraction of sp³-hybridized carbons (Fsp3) is 0.348. The Balaban J connectivity index is 0.814. The number of carbonyl (C=O) groups excluding carboxylic acids is 4. The first kappa shape index (κ1) is 69.1. The molecular weight excluding hydrogens is 1230 g/mol. The molecule has 0 saturated carbocycles. The Labute approximate surface area is 593 Å². The summed E-state index contributed by atoms with van der Waals surface area (Å²) >= 11 is 0. The van der Waals surface area contributed by atoms with E-state index in [-0.39, 0.29) is 43.3 Å². The van der Waals surface area contributed by atoms with E-state index in [1.807, 2.05) is 97.1 Å². The first-order valence-electron chi connectivity index (χ1n) is 35.9. The van der Waals surface area contributed by atoms with Crippen molar-refractivity contribution < 1.29 is 19.2 Å². The van der Waals surface area contributed by atoms with Crippen LogP contribution in [0.4, 0.5) is 45.5 Å². The molecule has 2 aliphatic heterocycles. The molecule has 0 aromatic heterocycles. The van der Waals surface area contributed by atoms with Crippen molar-refractivity contribution in [2.75, 3.05) is 19.6 Å². The number of amides is 4. The van der Waals surface area contributed by atoms with E-state index in [1.165, 1.54) is 32.1 Å². The van der Waals surface area contributed by atoms with Crippen molar-refractivity contribution in [2.45, 2.75) is 186 Å². The third-order valence-corrected chi connectivity index (χ3v) is 20.9. The lowest BCUT2D eigenvalue weighted by Crippen LogP contribution is -2.40. The molecule has 11 aromatic carbocycles. The predicted molar refractivity (Wildman–Crippen MR) is 421 cm³/mol. The summed E-state index contributed by atoms with van der Waals surface area (Å²) in [5.41, 5.74) is 14.0. The van der Waals surface area contributed by atoms with Crippen LogP contribution in [0.25, 0.3) is 43.1 Å². The number of rotatable bonds is 16. The van der Waals surface area contributed by atoms with Crippen LogP contribution < -0.4 is 19.6 Å². The first-order chi connectivity index (χ1) is 46.7. The van der Waals surface area contributed by atoms with Gasteiger partial charge in [0.05, 0.1) is 11.4 Å². The minimum absolute atomic E-state index is 0.0362. The summed E-state index contributed by atoms with van der Waals surface area (Å²) in [6.07, 6.45) is 4.13. The Morgan fingerprint density at radius 2 is 0.410 bits per heavy atom. The number of hydrogen-bond acceptors (Lipinski definition) is 6. The highest BCUT2D eigenvalue weighted by Gasteiger charge is 2.40. The maximum atomic E-state index is 15.1. The maximum Gasteiger partial charge on any atom is 0.265 e. The summed E-state index contributed by atoms with van der Waals surface area (Å²) < 4.78 is 0. The van der Waals surface area contributed by atoms with E-state index in [2.05, 4.69) is 245 Å². The molecular formula is C92H100N4O4. The van der Waals surface area contributed by atoms with E-state index in [0.29, 0.717) is 44.4 Å². The van der Waals surface area contributed by atoms with Gasteiger partial charge >= 0.3 is 0 Å². The van der Waals surface area contributed by atoms with Crippen molar-refractivity contribution in [1.82, 2.24) is 0 Å². The zero-order valence-corrected chi connectivity index (χ0v) is 62.7. The van der Waals surface area contributed by atoms with Crippen LogP contribution in [-0.2, 0) is 21.7 Å². The van der Waals surface area contributed by atoms with Gasteiger partial charge in [0.25, 0.3) is 23.6 Å². The number of carbonyl (C=O) groups is 4. The molecule has 0 spiro atoms. The van der Waals surface area contributed by atoms with E-state index >= 15 is 19.2 Å². The number of fused-ring (bicyclic) bond motifs is 2. The van der Waals surface area contributed by atoms with Gasteiger partial charge < -0.3 is 9.80 Å². The standard InChI is InChI=1S/C92H100N4O4/c1-85(2,3)53-89(13,14)57-21-29-61(30-22-57)93(62-31-23-58(24-32-62)90(15,16)54-86(4,5)6)65-37-41-67(42-38-65)95-81(97)73-49-45-69-71-47-51-75-80-76(52-48-72(78(71)80)70-46-50-74(82(95)98)79(73)77(69)70)84(100)96(83(75)99)68-43-39-66(40-44-68)94(63-33-25-59(26-34-63)91(17,18)55-87(7,8)9)64-35-27-60(28-36-64)92(19,20)56-88(10,11)12/h21-52H,53-56H2,1-20H3. The topological polar surface area (TPSA) is 81.2 Å². The normalized spacial score (nSPS) is 14.4. The van der Waals surface area contributed by atoms with Crippen LogP contribution in [0, 0.1) is 21.7 Å². The highest BCUT2D eigenvalue weighted by atomic mass is 16.2. The highest BCUT2D eigenvalue weighted by Crippen LogP contribution is 2.50. The number of benzene rings is 11. The molecule has 0 atom stereocenters. The van der Waals surface area contributed by atoms with E-state index in [9.17, 15) is 0 Å². The Hall–Kier alpha value is -9.40. The van der Waals surface area contributed by atoms with Gasteiger partial charge in [-0.05, 0) is 245 Å². The smallest absolute Gasteiger partial charge is 0.265 e. The van der Waals surface area contributed by atoms with Crippen molar-refractivity contribution in [3.8, 4) is 0 Å². The van der Waals surface area contributed by atoms with Crippen molar-refractivity contribution in [3.63, 3.8) is 0 Å². The fourth-order valence-electron chi connectivity index (χ4n) is 18.1. The Kier molecular flexibility index (Phi) is 16.7. The molecule has 0 fully saturated rings. The molecule has 0 radical (unpaired) electrons. The van der Waals surface area contributed by atoms with Gasteiger partial charge in [-0.2, -0.15) is 0 Å². The summed E-state index contributed by atoms with van der Waals surface area (Å²) in [7, 11) is 0. The minimum atomic E-state index is -0.407. The number of hydrogen-bond donors (Lipinski definition) is 0. The van der Waals surface area contributed by atoms with Gasteiger partial charge in [0.15, 0.2) is 0 Å². The molecule has 0 N–H and O–H groups in total. The molecule has 0 aliphatic carbocycles. The molecule has 4 amide bonds. The van der Waals surface area contributed by atoms with Crippen LogP contribution in [-0.4, -0.2) is 23.6 Å². The highest BCUT2D eigenvalue weighted by molar-refractivity contribution is 6.45. The SMILES string of the molecule is CC(C)(C)CC(C)(C)c1ccc(N(c2ccc(N3C(=O)c4ccc5c6ccc7c8c(ccc(c9ccc(c4c59)C3=O)c86)C(=O)N(c3ccc(N(c4ccc(C(C)(C)CC(C)(C)C)cc4)c4ccc(C(C)(C)CC(C)(C)C)cc4)cc3)C7=O)cc2)c2ccc(C(C)(C)CC(C)(C)C)cc2)cc1. The Morgan fingerprint density at radius 1 is 0.230 bits per heavy atom. The molecule has 512 valence electrons. The van der Waals surface area contributed by atoms with Gasteiger partial charge in [0, 0.05) is 67.2 Å². The van der Waals surface area contributed by atoms with Gasteiger partial charge in [0.2, 0.25) is 0 Å². The second-order valence-electron chi connectivity index (χ2n) is 36.4. The summed E-state index contributed by atoms with van der Waals surface area (Å²) in [5, 5.41) is 6.10. The van der Waals surface area contributed by atoms with Crippen LogP contribution in [0.15, 0.2) is 194 Å². The largest absolute Gasteiger partial charge is 0.311 e. The molecule has 0 unspecified atom stereocenters. The van der Waals surface area contributed by atoms with Gasteiger partial charge in [0.1, 0.15) is 0 Å². The first-order valence-corrected chi connectivity index (χ1v) is 35.9. The van der Waals surface area contributed by atoms with Gasteiger partial charge in [-0.25, -0.2) is 9.80 Å². The molecule has 11 aromatic rings. The van der Waals surface area contributed by atoms with E-state index < -0.39 is 23.6 Å². The monoisotopic (exact) mass is 1320 g/mol. The summed E-state index contributed by atoms with van der Waals surface area (Å²) in [6.45, 7) is 46.1. The zero-order chi connectivity index (χ0) is 71.9. The molecule has 2 heterocycles. The number of nitrogens with zero attached hydrogens (tertiary/aromatic N) is 4.